The molecule has 1 aliphatic heterocycles. The van der Waals surface area contributed by atoms with Crippen molar-refractivity contribution < 1.29 is 0 Å². The average molecular weight is 97.2 g/mol. The average Bonchev–Trinajstić information content (AvgIpc) is 1.87. The first-order valence-electron chi connectivity index (χ1n) is 2.73. The Kier molecular flexibility index (Phi) is 1.33. The molecule has 2 radical (unpaired) electrons. The molecule has 0 saturated carbocycles. The third-order valence-electron chi connectivity index (χ3n) is 1.43. The molecule has 1 heteroatoms. The van der Waals surface area contributed by atoms with Gasteiger partial charge < -0.3 is 4.90 Å². The molecule has 1 heterocycles. The Morgan fingerprint density at radius 1 is 1.71 bits per heavy atom. The summed E-state index contributed by atoms with van der Waals surface area (Å²) in [5, 5.41) is 0. The topological polar surface area (TPSA) is 3.24 Å². The van der Waals surface area contributed by atoms with Gasteiger partial charge in [-0.25, -0.2) is 0 Å². The van der Waals surface area contributed by atoms with Crippen molar-refractivity contribution in [1.29, 1.82) is 0 Å². The highest BCUT2D eigenvalue weighted by atomic mass is 15.1. The van der Waals surface area contributed by atoms with Crippen LogP contribution in [0.5, 0.6) is 0 Å². The van der Waals surface area contributed by atoms with E-state index in [-0.39, 0.29) is 0 Å². The van der Waals surface area contributed by atoms with Crippen molar-refractivity contribution in [1.82, 2.24) is 4.90 Å². The summed E-state index contributed by atoms with van der Waals surface area (Å²) in [6, 6.07) is 0. The standard InChI is InChI=1S/C6H11N/c1-6-3-4-7(2)5-6/h1,6H,3-5H2,2H3. The molecule has 0 aromatic carbocycles. The zero-order valence-electron chi connectivity index (χ0n) is 4.72. The van der Waals surface area contributed by atoms with E-state index >= 15 is 0 Å². The van der Waals surface area contributed by atoms with Crippen LogP contribution in [0, 0.1) is 12.8 Å². The number of hydrogen-bond acceptors (Lipinski definition) is 1. The molecule has 1 saturated heterocycles. The monoisotopic (exact) mass is 97.1 g/mol. The zero-order chi connectivity index (χ0) is 5.28. The second kappa shape index (κ2) is 1.83. The van der Waals surface area contributed by atoms with Crippen molar-refractivity contribution in [2.75, 3.05) is 20.1 Å². The lowest BCUT2D eigenvalue weighted by Crippen LogP contribution is -2.12. The smallest absolute Gasteiger partial charge is 0.000995 e. The molecule has 0 N–H and O–H groups in total. The van der Waals surface area contributed by atoms with Crippen LogP contribution in [-0.2, 0) is 0 Å². The molecule has 0 amide bonds. The Balaban J connectivity index is 2.26. The number of rotatable bonds is 0. The van der Waals surface area contributed by atoms with Crippen molar-refractivity contribution in [3.05, 3.63) is 6.92 Å². The number of nitrogens with zero attached hydrogens (tertiary/aromatic N) is 1. The van der Waals surface area contributed by atoms with Crippen LogP contribution in [0.25, 0.3) is 0 Å². The molecule has 0 spiro atoms. The molecule has 40 valence electrons. The first-order valence-corrected chi connectivity index (χ1v) is 2.73. The minimum absolute atomic E-state index is 0.449. The summed E-state index contributed by atoms with van der Waals surface area (Å²) < 4.78 is 0. The van der Waals surface area contributed by atoms with E-state index in [1.165, 1.54) is 13.0 Å². The van der Waals surface area contributed by atoms with Gasteiger partial charge in [0.05, 0.1) is 0 Å². The molecular weight excluding hydrogens is 86.1 g/mol. The highest BCUT2D eigenvalue weighted by Gasteiger charge is 2.13. The maximum absolute atomic E-state index is 5.58. The molecule has 1 fully saturated rings. The highest BCUT2D eigenvalue weighted by molar-refractivity contribution is 4.73. The third-order valence-corrected chi connectivity index (χ3v) is 1.43. The molecule has 0 bridgehead atoms. The molecule has 0 aliphatic carbocycles. The van der Waals surface area contributed by atoms with Crippen molar-refractivity contribution >= 4 is 0 Å². The van der Waals surface area contributed by atoms with Crippen LogP contribution in [-0.4, -0.2) is 25.0 Å². The van der Waals surface area contributed by atoms with Gasteiger partial charge in [-0.15, -0.1) is 0 Å². The molecule has 0 aromatic heterocycles. The fourth-order valence-electron chi connectivity index (χ4n) is 0.969. The summed E-state index contributed by atoms with van der Waals surface area (Å²) in [5.74, 6) is 0.449. The lowest BCUT2D eigenvalue weighted by atomic mass is 10.2. The maximum Gasteiger partial charge on any atom is 0.000995 e. The zero-order valence-corrected chi connectivity index (χ0v) is 4.72. The summed E-state index contributed by atoms with van der Waals surface area (Å²) in [7, 11) is 2.10. The van der Waals surface area contributed by atoms with Crippen LogP contribution in [0.1, 0.15) is 6.42 Å². The van der Waals surface area contributed by atoms with Crippen LogP contribution in [0.3, 0.4) is 0 Å². The summed E-state index contributed by atoms with van der Waals surface area (Å²) in [6.45, 7) is 7.85. The van der Waals surface area contributed by atoms with Crippen LogP contribution >= 0.6 is 0 Å². The Morgan fingerprint density at radius 2 is 2.43 bits per heavy atom. The summed E-state index contributed by atoms with van der Waals surface area (Å²) in [4.78, 5) is 2.25. The van der Waals surface area contributed by atoms with Crippen molar-refractivity contribution in [3.63, 3.8) is 0 Å². The second-order valence-corrected chi connectivity index (χ2v) is 2.31. The quantitative estimate of drug-likeness (QED) is 0.429. The van der Waals surface area contributed by atoms with E-state index in [1.807, 2.05) is 0 Å². The molecule has 1 atom stereocenters. The van der Waals surface area contributed by atoms with E-state index in [1.54, 1.807) is 0 Å². The first kappa shape index (κ1) is 5.10. The van der Waals surface area contributed by atoms with Gasteiger partial charge in [-0.1, -0.05) is 0 Å². The maximum atomic E-state index is 5.58. The van der Waals surface area contributed by atoms with Crippen molar-refractivity contribution in [3.8, 4) is 0 Å². The third kappa shape index (κ3) is 1.16. The van der Waals surface area contributed by atoms with Gasteiger partial charge >= 0.3 is 0 Å². The minimum Gasteiger partial charge on any atom is -0.306 e. The van der Waals surface area contributed by atoms with Gasteiger partial charge in [0.1, 0.15) is 0 Å². The second-order valence-electron chi connectivity index (χ2n) is 2.31. The van der Waals surface area contributed by atoms with E-state index in [4.69, 9.17) is 6.92 Å². The Hall–Kier alpha value is -0.0400. The predicted molar refractivity (Wildman–Crippen MR) is 29.9 cm³/mol. The highest BCUT2D eigenvalue weighted by Crippen LogP contribution is 2.11. The van der Waals surface area contributed by atoms with Crippen LogP contribution in [0.15, 0.2) is 0 Å². The molecule has 7 heavy (non-hydrogen) atoms. The van der Waals surface area contributed by atoms with Gasteiger partial charge in [-0.05, 0) is 32.9 Å². The summed E-state index contributed by atoms with van der Waals surface area (Å²) in [6.07, 6.45) is 1.18. The molecule has 1 rings (SSSR count). The van der Waals surface area contributed by atoms with Crippen LogP contribution in [0.2, 0.25) is 0 Å². The summed E-state index contributed by atoms with van der Waals surface area (Å²) >= 11 is 0. The van der Waals surface area contributed by atoms with Gasteiger partial charge in [-0.3, -0.25) is 0 Å². The van der Waals surface area contributed by atoms with Crippen molar-refractivity contribution in [2.24, 2.45) is 5.92 Å². The van der Waals surface area contributed by atoms with Gasteiger partial charge in [0.15, 0.2) is 0 Å². The fourth-order valence-corrected chi connectivity index (χ4v) is 0.969. The Morgan fingerprint density at radius 3 is 2.57 bits per heavy atom. The molecule has 1 nitrogen and oxygen atoms in total. The van der Waals surface area contributed by atoms with Gasteiger partial charge in [0.25, 0.3) is 0 Å². The normalized spacial score (nSPS) is 34.3. The number of likely N-dealkylation sites (tertiary alicyclic amines) is 1. The summed E-state index contributed by atoms with van der Waals surface area (Å²) in [5.41, 5.74) is 0. The first-order chi connectivity index (χ1) is 3.29. The predicted octanol–water partition coefficient (Wildman–Crippen LogP) is 0.649. The van der Waals surface area contributed by atoms with E-state index < -0.39 is 0 Å². The molecular formula is C6H11N. The lowest BCUT2D eigenvalue weighted by Gasteiger charge is -2.03. The molecule has 1 aliphatic rings. The Labute approximate surface area is 45.3 Å². The minimum atomic E-state index is 0.449. The van der Waals surface area contributed by atoms with Gasteiger partial charge in [0, 0.05) is 6.54 Å². The molecule has 0 aromatic rings. The van der Waals surface area contributed by atoms with Gasteiger partial charge in [0.2, 0.25) is 0 Å². The van der Waals surface area contributed by atoms with E-state index in [2.05, 4.69) is 11.9 Å². The Bertz CT molecular complexity index is 53.2. The van der Waals surface area contributed by atoms with Crippen LogP contribution < -0.4 is 0 Å². The SMILES string of the molecule is [CH]C1CCN(C)C1. The number of hydrogen-bond donors (Lipinski definition) is 0. The fraction of sp³-hybridized carbons (Fsp3) is 0.833. The lowest BCUT2D eigenvalue weighted by molar-refractivity contribution is 0.407. The van der Waals surface area contributed by atoms with Gasteiger partial charge in [-0.2, -0.15) is 0 Å². The van der Waals surface area contributed by atoms with E-state index in [0.717, 1.165) is 6.54 Å². The molecule has 1 unspecified atom stereocenters. The largest absolute Gasteiger partial charge is 0.306 e. The van der Waals surface area contributed by atoms with Crippen LogP contribution in [0.4, 0.5) is 0 Å². The van der Waals surface area contributed by atoms with E-state index in [0.29, 0.717) is 5.92 Å². The van der Waals surface area contributed by atoms with E-state index in [9.17, 15) is 0 Å². The van der Waals surface area contributed by atoms with Crippen molar-refractivity contribution in [2.45, 2.75) is 6.42 Å².